The minimum Gasteiger partial charge on any atom is -0.325 e. The van der Waals surface area contributed by atoms with Crippen LogP contribution in [0.15, 0.2) is 23.3 Å². The SMILES string of the molecule is [N-]=[N+]=NC1CCc2cc(F)ccc2NC1=O. The van der Waals surface area contributed by atoms with Crippen LogP contribution in [0.2, 0.25) is 0 Å². The maximum Gasteiger partial charge on any atom is 0.233 e. The third kappa shape index (κ3) is 1.97. The number of carbonyl (C=O) groups excluding carboxylic acids is 1. The van der Waals surface area contributed by atoms with Gasteiger partial charge < -0.3 is 5.32 Å². The first-order valence-electron chi connectivity index (χ1n) is 4.84. The largest absolute Gasteiger partial charge is 0.325 e. The van der Waals surface area contributed by atoms with Crippen molar-refractivity contribution in [1.82, 2.24) is 0 Å². The summed E-state index contributed by atoms with van der Waals surface area (Å²) in [5.74, 6) is -0.682. The number of rotatable bonds is 1. The minimum atomic E-state index is -0.722. The average molecular weight is 220 g/mol. The fraction of sp³-hybridized carbons (Fsp3) is 0.300. The number of fused-ring (bicyclic) bond motifs is 1. The quantitative estimate of drug-likeness (QED) is 0.440. The average Bonchev–Trinajstić information content (AvgIpc) is 2.40. The predicted molar refractivity (Wildman–Crippen MR) is 56.3 cm³/mol. The van der Waals surface area contributed by atoms with E-state index in [1.165, 1.54) is 18.2 Å². The van der Waals surface area contributed by atoms with Gasteiger partial charge in [-0.2, -0.15) is 0 Å². The Morgan fingerprint density at radius 2 is 2.38 bits per heavy atom. The van der Waals surface area contributed by atoms with Crippen LogP contribution >= 0.6 is 0 Å². The van der Waals surface area contributed by atoms with Crippen molar-refractivity contribution in [3.8, 4) is 0 Å². The van der Waals surface area contributed by atoms with E-state index < -0.39 is 6.04 Å². The fourth-order valence-corrected chi connectivity index (χ4v) is 1.70. The first kappa shape index (κ1) is 10.4. The number of anilines is 1. The predicted octanol–water partition coefficient (Wildman–Crippen LogP) is 2.39. The molecule has 1 aromatic carbocycles. The second-order valence-corrected chi connectivity index (χ2v) is 3.55. The summed E-state index contributed by atoms with van der Waals surface area (Å²) in [6.45, 7) is 0. The van der Waals surface area contributed by atoms with E-state index in [1.807, 2.05) is 0 Å². The molecule has 1 aliphatic heterocycles. The van der Waals surface area contributed by atoms with Gasteiger partial charge in [0.15, 0.2) is 0 Å². The Bertz CT molecular complexity index is 482. The molecule has 16 heavy (non-hydrogen) atoms. The van der Waals surface area contributed by atoms with Crippen LogP contribution in [0.5, 0.6) is 0 Å². The van der Waals surface area contributed by atoms with Gasteiger partial charge in [0.25, 0.3) is 0 Å². The minimum absolute atomic E-state index is 0.338. The highest BCUT2D eigenvalue weighted by molar-refractivity contribution is 5.96. The Morgan fingerprint density at radius 1 is 1.56 bits per heavy atom. The van der Waals surface area contributed by atoms with Gasteiger partial charge >= 0.3 is 0 Å². The number of aryl methyl sites for hydroxylation is 1. The Balaban J connectivity index is 2.32. The Kier molecular flexibility index (Phi) is 2.74. The van der Waals surface area contributed by atoms with Gasteiger partial charge in [0.05, 0.1) is 0 Å². The number of azide groups is 1. The van der Waals surface area contributed by atoms with Gasteiger partial charge in [-0.3, -0.25) is 4.79 Å². The van der Waals surface area contributed by atoms with Gasteiger partial charge in [-0.1, -0.05) is 5.11 Å². The molecule has 1 N–H and O–H groups in total. The van der Waals surface area contributed by atoms with E-state index in [0.717, 1.165) is 5.56 Å². The van der Waals surface area contributed by atoms with Crippen LogP contribution in [0.3, 0.4) is 0 Å². The molecule has 0 saturated carbocycles. The summed E-state index contributed by atoms with van der Waals surface area (Å²) in [5, 5.41) is 6.02. The van der Waals surface area contributed by atoms with Crippen LogP contribution in [0.1, 0.15) is 12.0 Å². The molecule has 0 aromatic heterocycles. The van der Waals surface area contributed by atoms with E-state index in [1.54, 1.807) is 0 Å². The molecule has 0 fully saturated rings. The van der Waals surface area contributed by atoms with Crippen molar-refractivity contribution in [1.29, 1.82) is 0 Å². The zero-order valence-electron chi connectivity index (χ0n) is 8.35. The topological polar surface area (TPSA) is 77.9 Å². The molecule has 0 aliphatic carbocycles. The van der Waals surface area contributed by atoms with E-state index in [9.17, 15) is 9.18 Å². The number of hydrogen-bond donors (Lipinski definition) is 1. The zero-order chi connectivity index (χ0) is 11.5. The molecule has 2 rings (SSSR count). The third-order valence-electron chi connectivity index (χ3n) is 2.51. The summed E-state index contributed by atoms with van der Waals surface area (Å²) in [4.78, 5) is 14.2. The molecule has 0 bridgehead atoms. The number of hydrogen-bond acceptors (Lipinski definition) is 2. The Labute approximate surface area is 90.9 Å². The van der Waals surface area contributed by atoms with Gasteiger partial charge in [0.2, 0.25) is 5.91 Å². The summed E-state index contributed by atoms with van der Waals surface area (Å²) >= 11 is 0. The molecule has 0 spiro atoms. The number of carbonyl (C=O) groups is 1. The van der Waals surface area contributed by atoms with Crippen molar-refractivity contribution < 1.29 is 9.18 Å². The van der Waals surface area contributed by atoms with Crippen molar-refractivity contribution in [3.05, 3.63) is 40.0 Å². The number of nitrogens with one attached hydrogen (secondary N) is 1. The highest BCUT2D eigenvalue weighted by Crippen LogP contribution is 2.23. The van der Waals surface area contributed by atoms with Crippen LogP contribution in [-0.4, -0.2) is 11.9 Å². The molecule has 82 valence electrons. The molecule has 0 saturated heterocycles. The monoisotopic (exact) mass is 220 g/mol. The number of amides is 1. The van der Waals surface area contributed by atoms with Gasteiger partial charge in [-0.05, 0) is 42.1 Å². The van der Waals surface area contributed by atoms with Crippen molar-refractivity contribution in [2.24, 2.45) is 5.11 Å². The van der Waals surface area contributed by atoms with E-state index in [2.05, 4.69) is 15.3 Å². The highest BCUT2D eigenvalue weighted by atomic mass is 19.1. The summed E-state index contributed by atoms with van der Waals surface area (Å²) in [5.41, 5.74) is 9.62. The van der Waals surface area contributed by atoms with Gasteiger partial charge in [-0.25, -0.2) is 4.39 Å². The summed E-state index contributed by atoms with van der Waals surface area (Å²) in [7, 11) is 0. The summed E-state index contributed by atoms with van der Waals surface area (Å²) in [6, 6.07) is 3.46. The lowest BCUT2D eigenvalue weighted by Crippen LogP contribution is -2.24. The molecule has 1 unspecified atom stereocenters. The number of halogens is 1. The second kappa shape index (κ2) is 4.20. The van der Waals surface area contributed by atoms with Crippen molar-refractivity contribution in [2.75, 3.05) is 5.32 Å². The lowest BCUT2D eigenvalue weighted by Gasteiger charge is -2.06. The van der Waals surface area contributed by atoms with Crippen molar-refractivity contribution in [3.63, 3.8) is 0 Å². The fourth-order valence-electron chi connectivity index (χ4n) is 1.70. The molecule has 1 amide bonds. The molecule has 1 aliphatic rings. The first-order chi connectivity index (χ1) is 7.70. The van der Waals surface area contributed by atoms with Crippen LogP contribution in [0.4, 0.5) is 10.1 Å². The van der Waals surface area contributed by atoms with E-state index in [-0.39, 0.29) is 11.7 Å². The van der Waals surface area contributed by atoms with E-state index >= 15 is 0 Å². The summed E-state index contributed by atoms with van der Waals surface area (Å²) < 4.78 is 13.0. The first-order valence-corrected chi connectivity index (χ1v) is 4.84. The number of benzene rings is 1. The van der Waals surface area contributed by atoms with Crippen molar-refractivity contribution in [2.45, 2.75) is 18.9 Å². The van der Waals surface area contributed by atoms with Crippen LogP contribution < -0.4 is 5.32 Å². The molecular formula is C10H9FN4O. The van der Waals surface area contributed by atoms with Gasteiger partial charge in [0.1, 0.15) is 11.9 Å². The molecule has 5 nitrogen and oxygen atoms in total. The Morgan fingerprint density at radius 3 is 3.12 bits per heavy atom. The maximum absolute atomic E-state index is 13.0. The standard InChI is InChI=1S/C10H9FN4O/c11-7-2-4-8-6(5-7)1-3-9(14-15-12)10(16)13-8/h2,4-5,9H,1,3H2,(H,13,16). The van der Waals surface area contributed by atoms with Gasteiger partial charge in [-0.15, -0.1) is 0 Å². The lowest BCUT2D eigenvalue weighted by atomic mass is 10.1. The molecule has 0 radical (unpaired) electrons. The zero-order valence-corrected chi connectivity index (χ0v) is 8.35. The third-order valence-corrected chi connectivity index (χ3v) is 2.51. The number of nitrogens with zero attached hydrogens (tertiary/aromatic N) is 3. The summed E-state index contributed by atoms with van der Waals surface area (Å²) in [6.07, 6.45) is 0.905. The molecular weight excluding hydrogens is 211 g/mol. The van der Waals surface area contributed by atoms with Crippen molar-refractivity contribution >= 4 is 11.6 Å². The molecule has 6 heteroatoms. The smallest absolute Gasteiger partial charge is 0.233 e. The second-order valence-electron chi connectivity index (χ2n) is 3.55. The molecule has 1 aromatic rings. The normalized spacial score (nSPS) is 19.1. The van der Waals surface area contributed by atoms with Crippen LogP contribution in [-0.2, 0) is 11.2 Å². The van der Waals surface area contributed by atoms with E-state index in [4.69, 9.17) is 5.53 Å². The molecule has 1 heterocycles. The lowest BCUT2D eigenvalue weighted by molar-refractivity contribution is -0.117. The molecule has 1 atom stereocenters. The highest BCUT2D eigenvalue weighted by Gasteiger charge is 2.22. The Hall–Kier alpha value is -2.07. The van der Waals surface area contributed by atoms with E-state index in [0.29, 0.717) is 18.5 Å². The van der Waals surface area contributed by atoms with Crippen LogP contribution in [0.25, 0.3) is 10.4 Å². The van der Waals surface area contributed by atoms with Crippen LogP contribution in [0, 0.1) is 5.82 Å². The van der Waals surface area contributed by atoms with Gasteiger partial charge in [0, 0.05) is 10.6 Å². The maximum atomic E-state index is 13.0.